The smallest absolute Gasteiger partial charge is 0.0854 e. The Bertz CT molecular complexity index is 372. The van der Waals surface area contributed by atoms with E-state index in [1.54, 1.807) is 0 Å². The van der Waals surface area contributed by atoms with E-state index in [1.165, 1.54) is 31.2 Å². The summed E-state index contributed by atoms with van der Waals surface area (Å²) in [7, 11) is 0. The Balaban J connectivity index is 1.99. The first-order chi connectivity index (χ1) is 10.3. The van der Waals surface area contributed by atoms with Gasteiger partial charge in [0.05, 0.1) is 12.2 Å². The second-order valence-corrected chi connectivity index (χ2v) is 6.39. The molecule has 0 radical (unpaired) electrons. The number of nitrogens with one attached hydrogen (secondary N) is 1. The number of rotatable bonds is 8. The Morgan fingerprint density at radius 2 is 1.86 bits per heavy atom. The van der Waals surface area contributed by atoms with Crippen molar-refractivity contribution in [3.05, 3.63) is 35.9 Å². The first-order valence-corrected chi connectivity index (χ1v) is 8.72. The third kappa shape index (κ3) is 5.44. The van der Waals surface area contributed by atoms with Gasteiger partial charge in [-0.1, -0.05) is 63.4 Å². The molecule has 1 fully saturated rings. The quantitative estimate of drug-likeness (QED) is 0.700. The van der Waals surface area contributed by atoms with E-state index < -0.39 is 0 Å². The molecule has 1 aromatic carbocycles. The molecule has 2 unspecified atom stereocenters. The van der Waals surface area contributed by atoms with Gasteiger partial charge in [-0.05, 0) is 43.8 Å². The Morgan fingerprint density at radius 1 is 1.14 bits per heavy atom. The van der Waals surface area contributed by atoms with E-state index in [-0.39, 0.29) is 6.10 Å². The summed E-state index contributed by atoms with van der Waals surface area (Å²) in [5, 5.41) is 3.42. The van der Waals surface area contributed by atoms with Gasteiger partial charge < -0.3 is 10.1 Å². The molecule has 21 heavy (non-hydrogen) atoms. The van der Waals surface area contributed by atoms with Crippen LogP contribution in [0.2, 0.25) is 0 Å². The van der Waals surface area contributed by atoms with Gasteiger partial charge in [0.2, 0.25) is 0 Å². The SMILES string of the molecule is CCCCCC(C)C(OC1CCNCC1)c1ccccc1. The topological polar surface area (TPSA) is 21.3 Å². The average molecular weight is 289 g/mol. The number of benzene rings is 1. The zero-order valence-electron chi connectivity index (χ0n) is 13.7. The van der Waals surface area contributed by atoms with Gasteiger partial charge in [-0.15, -0.1) is 0 Å². The predicted octanol–water partition coefficient (Wildman–Crippen LogP) is 4.71. The predicted molar refractivity (Wildman–Crippen MR) is 89.5 cm³/mol. The van der Waals surface area contributed by atoms with Crippen LogP contribution >= 0.6 is 0 Å². The summed E-state index contributed by atoms with van der Waals surface area (Å²) < 4.78 is 6.53. The molecule has 2 rings (SSSR count). The summed E-state index contributed by atoms with van der Waals surface area (Å²) >= 11 is 0. The van der Waals surface area contributed by atoms with Gasteiger partial charge in [-0.3, -0.25) is 0 Å². The Morgan fingerprint density at radius 3 is 2.52 bits per heavy atom. The summed E-state index contributed by atoms with van der Waals surface area (Å²) in [6, 6.07) is 10.8. The first-order valence-electron chi connectivity index (χ1n) is 8.72. The lowest BCUT2D eigenvalue weighted by Crippen LogP contribution is -2.34. The molecule has 1 aromatic rings. The molecule has 0 spiro atoms. The second-order valence-electron chi connectivity index (χ2n) is 6.39. The molecule has 2 atom stereocenters. The average Bonchev–Trinajstić information content (AvgIpc) is 2.54. The molecule has 1 N–H and O–H groups in total. The fourth-order valence-corrected chi connectivity index (χ4v) is 3.19. The lowest BCUT2D eigenvalue weighted by molar-refractivity contribution is -0.0553. The van der Waals surface area contributed by atoms with E-state index in [9.17, 15) is 0 Å². The maximum absolute atomic E-state index is 6.53. The van der Waals surface area contributed by atoms with Crippen molar-refractivity contribution in [2.75, 3.05) is 13.1 Å². The van der Waals surface area contributed by atoms with Gasteiger partial charge >= 0.3 is 0 Å². The van der Waals surface area contributed by atoms with Crippen LogP contribution in [-0.4, -0.2) is 19.2 Å². The molecule has 0 bridgehead atoms. The highest BCUT2D eigenvalue weighted by molar-refractivity contribution is 5.18. The van der Waals surface area contributed by atoms with Crippen LogP contribution in [0.5, 0.6) is 0 Å². The van der Waals surface area contributed by atoms with Crippen molar-refractivity contribution in [2.24, 2.45) is 5.92 Å². The van der Waals surface area contributed by atoms with Crippen LogP contribution < -0.4 is 5.32 Å². The third-order valence-corrected chi connectivity index (χ3v) is 4.53. The van der Waals surface area contributed by atoms with E-state index in [1.807, 2.05) is 0 Å². The molecular weight excluding hydrogens is 258 g/mol. The van der Waals surface area contributed by atoms with Crippen LogP contribution in [0, 0.1) is 5.92 Å². The van der Waals surface area contributed by atoms with Crippen LogP contribution in [0.3, 0.4) is 0 Å². The molecule has 1 aliphatic heterocycles. The summed E-state index contributed by atoms with van der Waals surface area (Å²) in [4.78, 5) is 0. The molecule has 1 heterocycles. The normalized spacial score (nSPS) is 19.3. The summed E-state index contributed by atoms with van der Waals surface area (Å²) in [6.07, 6.45) is 8.17. The number of hydrogen-bond acceptors (Lipinski definition) is 2. The first kappa shape index (κ1) is 16.5. The Labute approximate surface area is 130 Å². The second kappa shape index (κ2) is 9.22. The summed E-state index contributed by atoms with van der Waals surface area (Å²) in [6.45, 7) is 6.81. The summed E-state index contributed by atoms with van der Waals surface area (Å²) in [5.41, 5.74) is 1.35. The molecular formula is C19H31NO. The van der Waals surface area contributed by atoms with Gasteiger partial charge in [-0.25, -0.2) is 0 Å². The largest absolute Gasteiger partial charge is 0.370 e. The third-order valence-electron chi connectivity index (χ3n) is 4.53. The van der Waals surface area contributed by atoms with Crippen LogP contribution in [0.1, 0.15) is 64.0 Å². The van der Waals surface area contributed by atoms with E-state index in [4.69, 9.17) is 4.74 Å². The van der Waals surface area contributed by atoms with Crippen molar-refractivity contribution < 1.29 is 4.74 Å². The minimum absolute atomic E-state index is 0.256. The Hall–Kier alpha value is -0.860. The number of piperidine rings is 1. The zero-order chi connectivity index (χ0) is 14.9. The molecule has 2 heteroatoms. The lowest BCUT2D eigenvalue weighted by Gasteiger charge is -2.32. The van der Waals surface area contributed by atoms with Gasteiger partial charge in [-0.2, -0.15) is 0 Å². The number of unbranched alkanes of at least 4 members (excludes halogenated alkanes) is 2. The van der Waals surface area contributed by atoms with Gasteiger partial charge in [0.1, 0.15) is 0 Å². The van der Waals surface area contributed by atoms with Crippen molar-refractivity contribution >= 4 is 0 Å². The van der Waals surface area contributed by atoms with Crippen LogP contribution in [-0.2, 0) is 4.74 Å². The Kier molecular flexibility index (Phi) is 7.25. The lowest BCUT2D eigenvalue weighted by atomic mass is 9.92. The fraction of sp³-hybridized carbons (Fsp3) is 0.684. The molecule has 0 aromatic heterocycles. The maximum Gasteiger partial charge on any atom is 0.0854 e. The molecule has 0 saturated carbocycles. The monoisotopic (exact) mass is 289 g/mol. The molecule has 2 nitrogen and oxygen atoms in total. The minimum atomic E-state index is 0.256. The van der Waals surface area contributed by atoms with Crippen molar-refractivity contribution in [3.63, 3.8) is 0 Å². The highest BCUT2D eigenvalue weighted by atomic mass is 16.5. The summed E-state index contributed by atoms with van der Waals surface area (Å²) in [5.74, 6) is 0.592. The number of hydrogen-bond donors (Lipinski definition) is 1. The highest BCUT2D eigenvalue weighted by Crippen LogP contribution is 2.32. The van der Waals surface area contributed by atoms with Gasteiger partial charge in [0.15, 0.2) is 0 Å². The molecule has 0 aliphatic carbocycles. The van der Waals surface area contributed by atoms with Gasteiger partial charge in [0, 0.05) is 0 Å². The van der Waals surface area contributed by atoms with E-state index >= 15 is 0 Å². The molecule has 0 amide bonds. The number of ether oxygens (including phenoxy) is 1. The molecule has 118 valence electrons. The van der Waals surface area contributed by atoms with Crippen LogP contribution in [0.15, 0.2) is 30.3 Å². The van der Waals surface area contributed by atoms with Crippen molar-refractivity contribution in [1.82, 2.24) is 5.32 Å². The van der Waals surface area contributed by atoms with E-state index in [2.05, 4.69) is 49.5 Å². The van der Waals surface area contributed by atoms with Crippen molar-refractivity contribution in [1.29, 1.82) is 0 Å². The highest BCUT2D eigenvalue weighted by Gasteiger charge is 2.24. The van der Waals surface area contributed by atoms with E-state index in [0.717, 1.165) is 25.9 Å². The zero-order valence-corrected chi connectivity index (χ0v) is 13.7. The minimum Gasteiger partial charge on any atom is -0.370 e. The van der Waals surface area contributed by atoms with Crippen LogP contribution in [0.4, 0.5) is 0 Å². The maximum atomic E-state index is 6.53. The fourth-order valence-electron chi connectivity index (χ4n) is 3.19. The van der Waals surface area contributed by atoms with Crippen molar-refractivity contribution in [2.45, 2.75) is 64.6 Å². The van der Waals surface area contributed by atoms with Crippen LogP contribution in [0.25, 0.3) is 0 Å². The van der Waals surface area contributed by atoms with Gasteiger partial charge in [0.25, 0.3) is 0 Å². The standard InChI is InChI=1S/C19H31NO/c1-3-4-6-9-16(2)19(17-10-7-5-8-11-17)21-18-12-14-20-15-13-18/h5,7-8,10-11,16,18-20H,3-4,6,9,12-15H2,1-2H3. The molecule has 1 aliphatic rings. The molecule has 1 saturated heterocycles. The van der Waals surface area contributed by atoms with E-state index in [0.29, 0.717) is 12.0 Å². The van der Waals surface area contributed by atoms with Crippen molar-refractivity contribution in [3.8, 4) is 0 Å².